The third-order valence-corrected chi connectivity index (χ3v) is 2.21. The fraction of sp³-hybridized carbons (Fsp3) is 0.222. The second-order valence-corrected chi connectivity index (χ2v) is 3.30. The summed E-state index contributed by atoms with van der Waals surface area (Å²) in [6.45, 7) is 0. The molecule has 0 spiro atoms. The van der Waals surface area contributed by atoms with Crippen molar-refractivity contribution < 1.29 is 20.1 Å². The summed E-state index contributed by atoms with van der Waals surface area (Å²) >= 11 is 0. The lowest BCUT2D eigenvalue weighted by molar-refractivity contribution is -0.153. The summed E-state index contributed by atoms with van der Waals surface area (Å²) in [5.74, 6) is -1.49. The molecule has 2 aromatic heterocycles. The molecule has 0 saturated heterocycles. The number of hydrogen-bond acceptors (Lipinski definition) is 5. The van der Waals surface area contributed by atoms with Crippen molar-refractivity contribution in [2.45, 2.75) is 12.2 Å². The van der Waals surface area contributed by atoms with Crippen LogP contribution in [-0.2, 0) is 4.79 Å². The summed E-state index contributed by atoms with van der Waals surface area (Å²) in [4.78, 5) is 14.4. The van der Waals surface area contributed by atoms with Gasteiger partial charge < -0.3 is 15.3 Å². The minimum atomic E-state index is -1.87. The van der Waals surface area contributed by atoms with Gasteiger partial charge in [0.15, 0.2) is 6.10 Å². The largest absolute Gasteiger partial charge is 0.479 e. The number of carbonyl (C=O) groups is 1. The van der Waals surface area contributed by atoms with Crippen LogP contribution in [0.4, 0.5) is 0 Å². The smallest absolute Gasteiger partial charge is 0.335 e. The lowest BCUT2D eigenvalue weighted by Crippen LogP contribution is -2.27. The third kappa shape index (κ3) is 1.73. The number of aromatic amines is 1. The topological polar surface area (TPSA) is 119 Å². The fourth-order valence-electron chi connectivity index (χ4n) is 1.33. The standard InChI is InChI=1S/C9H9N3O4/c13-7(8(14)9(15)16)4-1-5-6(10-2-4)3-11-12-5/h1-3,7-8,13-14H,(H,11,12)(H,15,16). The second-order valence-electron chi connectivity index (χ2n) is 3.30. The lowest BCUT2D eigenvalue weighted by Gasteiger charge is -2.13. The van der Waals surface area contributed by atoms with E-state index in [-0.39, 0.29) is 5.56 Å². The average molecular weight is 223 g/mol. The van der Waals surface area contributed by atoms with Crippen molar-refractivity contribution in [1.29, 1.82) is 0 Å². The Kier molecular flexibility index (Phi) is 2.55. The zero-order chi connectivity index (χ0) is 11.7. The Bertz CT molecular complexity index is 524. The molecule has 2 rings (SSSR count). The Labute approximate surface area is 89.4 Å². The van der Waals surface area contributed by atoms with E-state index in [1.165, 1.54) is 18.5 Å². The number of aliphatic carboxylic acids is 1. The number of pyridine rings is 1. The first-order chi connectivity index (χ1) is 7.59. The van der Waals surface area contributed by atoms with Crippen molar-refractivity contribution in [3.05, 3.63) is 24.0 Å². The van der Waals surface area contributed by atoms with Crippen molar-refractivity contribution in [1.82, 2.24) is 15.2 Å². The van der Waals surface area contributed by atoms with Gasteiger partial charge in [-0.15, -0.1) is 0 Å². The first-order valence-corrected chi connectivity index (χ1v) is 4.47. The van der Waals surface area contributed by atoms with Gasteiger partial charge in [-0.2, -0.15) is 5.10 Å². The molecule has 0 fully saturated rings. The van der Waals surface area contributed by atoms with Gasteiger partial charge in [0.05, 0.1) is 11.7 Å². The maximum atomic E-state index is 10.5. The van der Waals surface area contributed by atoms with E-state index in [0.717, 1.165) is 0 Å². The SMILES string of the molecule is O=C(O)C(O)C(O)c1cnc2cn[nH]c2c1. The number of carboxylic acids is 1. The van der Waals surface area contributed by atoms with Crippen molar-refractivity contribution in [2.75, 3.05) is 0 Å². The molecule has 0 aromatic carbocycles. The van der Waals surface area contributed by atoms with Crippen LogP contribution in [-0.4, -0.2) is 42.6 Å². The molecule has 0 saturated carbocycles. The molecule has 2 aromatic rings. The summed E-state index contributed by atoms with van der Waals surface area (Å²) in [6.07, 6.45) is -0.590. The molecule has 4 N–H and O–H groups in total. The molecule has 0 aliphatic heterocycles. The Morgan fingerprint density at radius 3 is 2.81 bits per heavy atom. The van der Waals surface area contributed by atoms with E-state index >= 15 is 0 Å². The first kappa shape index (κ1) is 10.5. The van der Waals surface area contributed by atoms with Crippen LogP contribution in [0.3, 0.4) is 0 Å². The van der Waals surface area contributed by atoms with Crippen molar-refractivity contribution in [3.63, 3.8) is 0 Å². The minimum absolute atomic E-state index is 0.214. The number of H-pyrrole nitrogens is 1. The Morgan fingerprint density at radius 2 is 2.12 bits per heavy atom. The maximum absolute atomic E-state index is 10.5. The molecule has 0 aliphatic carbocycles. The predicted molar refractivity (Wildman–Crippen MR) is 52.5 cm³/mol. The number of fused-ring (bicyclic) bond motifs is 1. The van der Waals surface area contributed by atoms with Crippen LogP contribution in [0.5, 0.6) is 0 Å². The number of aromatic nitrogens is 3. The molecule has 0 aliphatic rings. The van der Waals surface area contributed by atoms with Gasteiger partial charge in [0.25, 0.3) is 0 Å². The first-order valence-electron chi connectivity index (χ1n) is 4.47. The Balaban J connectivity index is 2.35. The molecule has 7 heteroatoms. The van der Waals surface area contributed by atoms with Gasteiger partial charge in [-0.3, -0.25) is 10.1 Å². The van der Waals surface area contributed by atoms with Crippen LogP contribution in [0.15, 0.2) is 18.5 Å². The highest BCUT2D eigenvalue weighted by Gasteiger charge is 2.25. The zero-order valence-electron chi connectivity index (χ0n) is 8.03. The van der Waals surface area contributed by atoms with Gasteiger partial charge in [-0.25, -0.2) is 4.79 Å². The van der Waals surface area contributed by atoms with E-state index in [0.29, 0.717) is 11.0 Å². The van der Waals surface area contributed by atoms with Gasteiger partial charge in [-0.1, -0.05) is 0 Å². The van der Waals surface area contributed by atoms with Crippen LogP contribution in [0.2, 0.25) is 0 Å². The minimum Gasteiger partial charge on any atom is -0.479 e. The lowest BCUT2D eigenvalue weighted by atomic mass is 10.1. The maximum Gasteiger partial charge on any atom is 0.335 e. The van der Waals surface area contributed by atoms with E-state index in [9.17, 15) is 9.90 Å². The summed E-state index contributed by atoms with van der Waals surface area (Å²) in [7, 11) is 0. The van der Waals surface area contributed by atoms with Crippen LogP contribution < -0.4 is 0 Å². The van der Waals surface area contributed by atoms with E-state index < -0.39 is 18.2 Å². The van der Waals surface area contributed by atoms with E-state index in [2.05, 4.69) is 15.2 Å². The number of nitrogens with one attached hydrogen (secondary N) is 1. The number of aliphatic hydroxyl groups is 2. The van der Waals surface area contributed by atoms with Crippen LogP contribution >= 0.6 is 0 Å². The molecule has 0 radical (unpaired) electrons. The van der Waals surface area contributed by atoms with Crippen molar-refractivity contribution in [3.8, 4) is 0 Å². The van der Waals surface area contributed by atoms with E-state index in [1.54, 1.807) is 0 Å². The molecule has 0 amide bonds. The second kappa shape index (κ2) is 3.87. The highest BCUT2D eigenvalue weighted by Crippen LogP contribution is 2.19. The van der Waals surface area contributed by atoms with Gasteiger partial charge in [0.2, 0.25) is 0 Å². The molecule has 2 atom stereocenters. The molecule has 0 bridgehead atoms. The van der Waals surface area contributed by atoms with E-state index in [1.807, 2.05) is 0 Å². The molecule has 7 nitrogen and oxygen atoms in total. The van der Waals surface area contributed by atoms with Gasteiger partial charge in [0, 0.05) is 11.8 Å². The van der Waals surface area contributed by atoms with Crippen LogP contribution in [0.1, 0.15) is 11.7 Å². The average Bonchev–Trinajstić information content (AvgIpc) is 2.73. The number of carboxylic acid groups (broad SMARTS) is 1. The summed E-state index contributed by atoms with van der Waals surface area (Å²) < 4.78 is 0. The number of aliphatic hydroxyl groups excluding tert-OH is 2. The highest BCUT2D eigenvalue weighted by molar-refractivity contribution is 5.75. The Morgan fingerprint density at radius 1 is 1.38 bits per heavy atom. The van der Waals surface area contributed by atoms with Crippen molar-refractivity contribution in [2.24, 2.45) is 0 Å². The number of nitrogens with zero attached hydrogens (tertiary/aromatic N) is 2. The fourth-order valence-corrected chi connectivity index (χ4v) is 1.33. The van der Waals surface area contributed by atoms with Crippen LogP contribution in [0.25, 0.3) is 11.0 Å². The van der Waals surface area contributed by atoms with Gasteiger partial charge in [0.1, 0.15) is 11.6 Å². The molecule has 84 valence electrons. The van der Waals surface area contributed by atoms with Crippen molar-refractivity contribution >= 4 is 17.0 Å². The zero-order valence-corrected chi connectivity index (χ0v) is 8.03. The summed E-state index contributed by atoms with van der Waals surface area (Å²) in [5.41, 5.74) is 1.38. The van der Waals surface area contributed by atoms with Gasteiger partial charge >= 0.3 is 5.97 Å². The predicted octanol–water partition coefficient (Wildman–Crippen LogP) is -0.563. The molecule has 2 heterocycles. The monoisotopic (exact) mass is 223 g/mol. The summed E-state index contributed by atoms with van der Waals surface area (Å²) in [5, 5.41) is 33.6. The highest BCUT2D eigenvalue weighted by atomic mass is 16.4. The third-order valence-electron chi connectivity index (χ3n) is 2.21. The number of rotatable bonds is 3. The quantitative estimate of drug-likeness (QED) is 0.553. The molecule has 2 unspecified atom stereocenters. The number of hydrogen-bond donors (Lipinski definition) is 4. The van der Waals surface area contributed by atoms with E-state index in [4.69, 9.17) is 10.2 Å². The van der Waals surface area contributed by atoms with Crippen LogP contribution in [0, 0.1) is 0 Å². The van der Waals surface area contributed by atoms with Gasteiger partial charge in [-0.05, 0) is 6.07 Å². The molecular weight excluding hydrogens is 214 g/mol. The molecular formula is C9H9N3O4. The molecule has 16 heavy (non-hydrogen) atoms. The summed E-state index contributed by atoms with van der Waals surface area (Å²) in [6, 6.07) is 1.49. The normalized spacial score (nSPS) is 14.9. The Hall–Kier alpha value is -1.99.